The van der Waals surface area contributed by atoms with Gasteiger partial charge in [-0.25, -0.2) is 0 Å². The minimum absolute atomic E-state index is 0.214. The lowest BCUT2D eigenvalue weighted by Gasteiger charge is -2.34. The summed E-state index contributed by atoms with van der Waals surface area (Å²) >= 11 is 2.06. The van der Waals surface area contributed by atoms with Gasteiger partial charge in [-0.2, -0.15) is 0 Å². The van der Waals surface area contributed by atoms with Crippen molar-refractivity contribution in [3.8, 4) is 0 Å². The molecule has 0 amide bonds. The highest BCUT2D eigenvalue weighted by molar-refractivity contribution is 8.03. The Hall–Kier alpha value is -1.15. The highest BCUT2D eigenvalue weighted by atomic mass is 32.2. The Morgan fingerprint density at radius 2 is 1.62 bits per heavy atom. The second-order valence-corrected chi connectivity index (χ2v) is 9.56. The van der Waals surface area contributed by atoms with Gasteiger partial charge in [0.1, 0.15) is 0 Å². The van der Waals surface area contributed by atoms with Crippen LogP contribution >= 0.6 is 11.8 Å². The third kappa shape index (κ3) is 3.06. The third-order valence-electron chi connectivity index (χ3n) is 6.00. The van der Waals surface area contributed by atoms with Crippen LogP contribution in [0.5, 0.6) is 0 Å². The van der Waals surface area contributed by atoms with E-state index in [0.29, 0.717) is 17.9 Å². The lowest BCUT2D eigenvalue weighted by molar-refractivity contribution is 0.437. The monoisotopic (exact) mass is 341 g/mol. The molecule has 3 unspecified atom stereocenters. The zero-order valence-corrected chi connectivity index (χ0v) is 17.0. The Labute approximate surface area is 152 Å². The van der Waals surface area contributed by atoms with Gasteiger partial charge >= 0.3 is 0 Å². The summed E-state index contributed by atoms with van der Waals surface area (Å²) in [5.41, 5.74) is 7.46. The molecule has 1 heterocycles. The summed E-state index contributed by atoms with van der Waals surface area (Å²) in [6.45, 7) is 16.1. The van der Waals surface area contributed by atoms with E-state index in [-0.39, 0.29) is 5.41 Å². The molecule has 24 heavy (non-hydrogen) atoms. The van der Waals surface area contributed by atoms with Crippen LogP contribution in [-0.2, 0) is 5.41 Å². The Morgan fingerprint density at radius 3 is 2.21 bits per heavy atom. The normalized spacial score (nSPS) is 27.5. The molecule has 130 valence electrons. The summed E-state index contributed by atoms with van der Waals surface area (Å²) < 4.78 is 0. The van der Waals surface area contributed by atoms with E-state index in [9.17, 15) is 0 Å². The number of nitrogens with one attached hydrogen (secondary N) is 1. The first kappa shape index (κ1) is 17.7. The molecular weight excluding hydrogens is 310 g/mol. The Morgan fingerprint density at radius 1 is 1.00 bits per heavy atom. The van der Waals surface area contributed by atoms with Crippen molar-refractivity contribution in [2.45, 2.75) is 59.9 Å². The number of allylic oxidation sites excluding steroid dienone is 3. The zero-order valence-electron chi connectivity index (χ0n) is 16.2. The van der Waals surface area contributed by atoms with E-state index in [4.69, 9.17) is 0 Å². The lowest BCUT2D eigenvalue weighted by Crippen LogP contribution is -2.33. The number of thioether (sulfide) groups is 1. The van der Waals surface area contributed by atoms with Crippen molar-refractivity contribution in [3.05, 3.63) is 51.5 Å². The molecule has 1 aromatic rings. The first-order valence-corrected chi connectivity index (χ1v) is 10.1. The van der Waals surface area contributed by atoms with Crippen molar-refractivity contribution in [3.63, 3.8) is 0 Å². The van der Waals surface area contributed by atoms with Crippen LogP contribution in [0.1, 0.15) is 54.0 Å². The largest absolute Gasteiger partial charge is 0.381 e. The second kappa shape index (κ2) is 6.29. The molecule has 1 aliphatic heterocycles. The maximum Gasteiger partial charge on any atom is 0.0434 e. The van der Waals surface area contributed by atoms with Crippen LogP contribution < -0.4 is 5.32 Å². The molecule has 3 atom stereocenters. The van der Waals surface area contributed by atoms with E-state index < -0.39 is 0 Å². The summed E-state index contributed by atoms with van der Waals surface area (Å²) in [5, 5.41) is 3.83. The maximum atomic E-state index is 3.83. The minimum Gasteiger partial charge on any atom is -0.381 e. The minimum atomic E-state index is 0.214. The van der Waals surface area contributed by atoms with Crippen molar-refractivity contribution < 1.29 is 0 Å². The zero-order chi connectivity index (χ0) is 17.6. The number of benzene rings is 1. The van der Waals surface area contributed by atoms with Crippen LogP contribution in [0.4, 0.5) is 5.69 Å². The van der Waals surface area contributed by atoms with Gasteiger partial charge in [0, 0.05) is 23.4 Å². The summed E-state index contributed by atoms with van der Waals surface area (Å²) in [4.78, 5) is 1.62. The second-order valence-electron chi connectivity index (χ2n) is 8.50. The predicted molar refractivity (Wildman–Crippen MR) is 109 cm³/mol. The molecule has 0 radical (unpaired) electrons. The Kier molecular flexibility index (Phi) is 4.63. The lowest BCUT2D eigenvalue weighted by atomic mass is 9.75. The number of rotatable bonds is 2. The van der Waals surface area contributed by atoms with E-state index in [2.05, 4.69) is 89.8 Å². The molecule has 1 N–H and O–H groups in total. The van der Waals surface area contributed by atoms with Crippen LogP contribution in [0, 0.1) is 11.8 Å². The number of hydrogen-bond acceptors (Lipinski definition) is 2. The van der Waals surface area contributed by atoms with Crippen LogP contribution in [0.15, 0.2) is 45.9 Å². The molecule has 1 fully saturated rings. The molecule has 0 saturated carbocycles. The Bertz CT molecular complexity index is 688. The van der Waals surface area contributed by atoms with Gasteiger partial charge in [-0.15, -0.1) is 11.8 Å². The van der Waals surface area contributed by atoms with Gasteiger partial charge in [0.2, 0.25) is 0 Å². The smallest absolute Gasteiger partial charge is 0.0434 e. The van der Waals surface area contributed by atoms with Gasteiger partial charge in [-0.1, -0.05) is 45.4 Å². The first-order chi connectivity index (χ1) is 11.2. The van der Waals surface area contributed by atoms with Gasteiger partial charge in [-0.3, -0.25) is 0 Å². The van der Waals surface area contributed by atoms with E-state index in [1.807, 2.05) is 0 Å². The number of fused-ring (bicyclic) bond motifs is 1. The standard InChI is InChI=1S/C22H31NS/c1-13-14(2)16(4)21-20(15(13)3)19(12-24-21)23-18-10-8-17(9-11-18)22(5,6)7/h8-11,15,19-20,23H,12H2,1-7H3. The Balaban J connectivity index is 1.81. The third-order valence-corrected chi connectivity index (χ3v) is 7.42. The quantitative estimate of drug-likeness (QED) is 0.669. The molecule has 2 aliphatic rings. The fraction of sp³-hybridized carbons (Fsp3) is 0.545. The molecule has 0 bridgehead atoms. The SMILES string of the molecule is CC1=C(C)C(C)C2C(=C1C)SCC2Nc1ccc(C(C)(C)C)cc1. The molecule has 1 aliphatic carbocycles. The number of anilines is 1. The molecule has 2 heteroatoms. The van der Waals surface area contributed by atoms with Gasteiger partial charge in [0.25, 0.3) is 0 Å². The summed E-state index contributed by atoms with van der Waals surface area (Å²) in [6, 6.07) is 9.57. The van der Waals surface area contributed by atoms with Crippen LogP contribution in [0.25, 0.3) is 0 Å². The average molecular weight is 342 g/mol. The summed E-state index contributed by atoms with van der Waals surface area (Å²) in [6.07, 6.45) is 0. The molecule has 1 saturated heterocycles. The van der Waals surface area contributed by atoms with Gasteiger partial charge < -0.3 is 5.32 Å². The molecular formula is C22H31NS. The van der Waals surface area contributed by atoms with Crippen LogP contribution in [0.3, 0.4) is 0 Å². The molecule has 0 aromatic heterocycles. The van der Waals surface area contributed by atoms with Crippen LogP contribution in [-0.4, -0.2) is 11.8 Å². The average Bonchev–Trinajstić information content (AvgIpc) is 2.94. The fourth-order valence-electron chi connectivity index (χ4n) is 4.00. The van der Waals surface area contributed by atoms with Crippen molar-refractivity contribution in [2.24, 2.45) is 11.8 Å². The molecule has 3 rings (SSSR count). The predicted octanol–water partition coefficient (Wildman–Crippen LogP) is 6.39. The van der Waals surface area contributed by atoms with Gasteiger partial charge in [0.15, 0.2) is 0 Å². The van der Waals surface area contributed by atoms with Crippen molar-refractivity contribution in [2.75, 3.05) is 11.1 Å². The highest BCUT2D eigenvalue weighted by Crippen LogP contribution is 2.50. The highest BCUT2D eigenvalue weighted by Gasteiger charge is 2.40. The van der Waals surface area contributed by atoms with Crippen molar-refractivity contribution in [1.29, 1.82) is 0 Å². The fourth-order valence-corrected chi connectivity index (χ4v) is 5.58. The van der Waals surface area contributed by atoms with Gasteiger partial charge in [0.05, 0.1) is 0 Å². The van der Waals surface area contributed by atoms with E-state index in [1.165, 1.54) is 28.1 Å². The van der Waals surface area contributed by atoms with E-state index in [0.717, 1.165) is 0 Å². The number of hydrogen-bond donors (Lipinski definition) is 1. The van der Waals surface area contributed by atoms with Crippen molar-refractivity contribution >= 4 is 17.4 Å². The summed E-state index contributed by atoms with van der Waals surface area (Å²) in [7, 11) is 0. The van der Waals surface area contributed by atoms with Crippen LogP contribution in [0.2, 0.25) is 0 Å². The van der Waals surface area contributed by atoms with E-state index in [1.54, 1.807) is 10.5 Å². The van der Waals surface area contributed by atoms with Gasteiger partial charge in [-0.05, 0) is 65.9 Å². The maximum absolute atomic E-state index is 3.83. The topological polar surface area (TPSA) is 12.0 Å². The van der Waals surface area contributed by atoms with E-state index >= 15 is 0 Å². The molecule has 1 aromatic carbocycles. The molecule has 1 nitrogen and oxygen atoms in total. The summed E-state index contributed by atoms with van der Waals surface area (Å²) in [5.74, 6) is 2.43. The molecule has 0 spiro atoms. The van der Waals surface area contributed by atoms with Crippen molar-refractivity contribution in [1.82, 2.24) is 0 Å². The first-order valence-electron chi connectivity index (χ1n) is 9.08.